The number of halogens is 2. The van der Waals surface area contributed by atoms with Gasteiger partial charge in [-0.2, -0.15) is 0 Å². The SMILES string of the molecule is COCCOCCNc1nc(C)nc(Nc2ccccc2C(=O)O)c1NCc1ncc(-c2cc(Cl)ccc2Cl)o1. The van der Waals surface area contributed by atoms with Gasteiger partial charge in [0, 0.05) is 24.2 Å². The van der Waals surface area contributed by atoms with E-state index in [-0.39, 0.29) is 12.1 Å². The summed E-state index contributed by atoms with van der Waals surface area (Å²) in [5.74, 6) is 1.10. The monoisotopic (exact) mass is 586 g/mol. The van der Waals surface area contributed by atoms with Crippen molar-refractivity contribution in [3.63, 3.8) is 0 Å². The van der Waals surface area contributed by atoms with E-state index in [0.717, 1.165) is 0 Å². The summed E-state index contributed by atoms with van der Waals surface area (Å²) in [5.41, 5.74) is 1.58. The van der Waals surface area contributed by atoms with Crippen molar-refractivity contribution < 1.29 is 23.8 Å². The summed E-state index contributed by atoms with van der Waals surface area (Å²) in [6.45, 7) is 3.74. The van der Waals surface area contributed by atoms with Gasteiger partial charge in [-0.3, -0.25) is 0 Å². The first-order valence-electron chi connectivity index (χ1n) is 12.3. The van der Waals surface area contributed by atoms with Crippen molar-refractivity contribution in [1.82, 2.24) is 15.0 Å². The summed E-state index contributed by atoms with van der Waals surface area (Å²) in [4.78, 5) is 25.2. The number of para-hydroxylation sites is 1. The van der Waals surface area contributed by atoms with Crippen molar-refractivity contribution in [2.45, 2.75) is 13.5 Å². The summed E-state index contributed by atoms with van der Waals surface area (Å²) >= 11 is 12.4. The maximum atomic E-state index is 11.8. The zero-order valence-corrected chi connectivity index (χ0v) is 23.3. The molecule has 0 aliphatic carbocycles. The maximum absolute atomic E-state index is 11.8. The quantitative estimate of drug-likeness (QED) is 0.131. The van der Waals surface area contributed by atoms with Gasteiger partial charge in [-0.1, -0.05) is 35.3 Å². The van der Waals surface area contributed by atoms with E-state index in [1.165, 1.54) is 6.07 Å². The Balaban J connectivity index is 1.60. The van der Waals surface area contributed by atoms with Crippen LogP contribution in [-0.2, 0) is 16.0 Å². The molecular weight excluding hydrogens is 559 g/mol. The lowest BCUT2D eigenvalue weighted by Gasteiger charge is -2.18. The zero-order valence-electron chi connectivity index (χ0n) is 21.8. The lowest BCUT2D eigenvalue weighted by Crippen LogP contribution is -2.16. The van der Waals surface area contributed by atoms with Crippen molar-refractivity contribution in [2.75, 3.05) is 49.4 Å². The van der Waals surface area contributed by atoms with E-state index in [1.807, 2.05) is 0 Å². The summed E-state index contributed by atoms with van der Waals surface area (Å²) in [5, 5.41) is 20.3. The number of carbonyl (C=O) groups is 1. The molecule has 0 bridgehead atoms. The second-order valence-electron chi connectivity index (χ2n) is 8.45. The van der Waals surface area contributed by atoms with E-state index in [9.17, 15) is 9.90 Å². The molecule has 4 N–H and O–H groups in total. The number of hydrogen-bond acceptors (Lipinski definition) is 10. The molecule has 2 aromatic carbocycles. The molecule has 0 saturated carbocycles. The molecule has 13 heteroatoms. The van der Waals surface area contributed by atoms with Gasteiger partial charge in [-0.15, -0.1) is 0 Å². The highest BCUT2D eigenvalue weighted by molar-refractivity contribution is 6.35. The molecule has 0 aliphatic rings. The van der Waals surface area contributed by atoms with E-state index < -0.39 is 5.97 Å². The molecule has 2 aromatic heterocycles. The molecule has 0 saturated heterocycles. The number of hydrogen-bond donors (Lipinski definition) is 4. The van der Waals surface area contributed by atoms with Crippen LogP contribution in [-0.4, -0.2) is 59.5 Å². The minimum Gasteiger partial charge on any atom is -0.478 e. The number of anilines is 4. The third-order valence-corrected chi connectivity index (χ3v) is 6.13. The van der Waals surface area contributed by atoms with Crippen LogP contribution in [0.5, 0.6) is 0 Å². The molecule has 2 heterocycles. The largest absolute Gasteiger partial charge is 0.478 e. The van der Waals surface area contributed by atoms with Crippen molar-refractivity contribution in [1.29, 1.82) is 0 Å². The van der Waals surface area contributed by atoms with Crippen LogP contribution < -0.4 is 16.0 Å². The molecule has 11 nitrogen and oxygen atoms in total. The Morgan fingerprint density at radius 3 is 2.65 bits per heavy atom. The number of rotatable bonds is 14. The fraction of sp³-hybridized carbons (Fsp3) is 0.259. The number of carboxylic acid groups (broad SMARTS) is 1. The number of methoxy groups -OCH3 is 1. The highest BCUT2D eigenvalue weighted by Gasteiger charge is 2.18. The van der Waals surface area contributed by atoms with Crippen LogP contribution >= 0.6 is 23.2 Å². The number of aromatic nitrogens is 3. The molecule has 0 amide bonds. The van der Waals surface area contributed by atoms with Gasteiger partial charge < -0.3 is 34.9 Å². The van der Waals surface area contributed by atoms with Gasteiger partial charge in [0.2, 0.25) is 5.89 Å². The Bertz CT molecular complexity index is 1470. The fourth-order valence-corrected chi connectivity index (χ4v) is 4.10. The molecule has 4 aromatic rings. The van der Waals surface area contributed by atoms with Gasteiger partial charge in [0.15, 0.2) is 17.4 Å². The van der Waals surface area contributed by atoms with Crippen molar-refractivity contribution >= 4 is 52.2 Å². The topological polar surface area (TPSA) is 144 Å². The molecule has 0 aliphatic heterocycles. The van der Waals surface area contributed by atoms with Gasteiger partial charge in [-0.25, -0.2) is 19.7 Å². The summed E-state index contributed by atoms with van der Waals surface area (Å²) in [6.07, 6.45) is 1.57. The van der Waals surface area contributed by atoms with Crippen molar-refractivity contribution in [3.8, 4) is 11.3 Å². The first-order chi connectivity index (χ1) is 19.4. The molecule has 40 heavy (non-hydrogen) atoms. The van der Waals surface area contributed by atoms with Gasteiger partial charge in [0.1, 0.15) is 11.5 Å². The van der Waals surface area contributed by atoms with E-state index in [2.05, 4.69) is 30.9 Å². The average molecular weight is 587 g/mol. The van der Waals surface area contributed by atoms with Crippen molar-refractivity contribution in [2.24, 2.45) is 0 Å². The number of benzene rings is 2. The molecule has 210 valence electrons. The van der Waals surface area contributed by atoms with Gasteiger partial charge in [0.05, 0.1) is 48.8 Å². The predicted molar refractivity (Wildman–Crippen MR) is 154 cm³/mol. The van der Waals surface area contributed by atoms with E-state index in [1.54, 1.807) is 56.6 Å². The minimum atomic E-state index is -1.07. The lowest BCUT2D eigenvalue weighted by atomic mass is 10.2. The number of carboxylic acids is 1. The first-order valence-corrected chi connectivity index (χ1v) is 13.0. The molecule has 0 unspecified atom stereocenters. The zero-order chi connectivity index (χ0) is 28.5. The molecule has 0 fully saturated rings. The number of nitrogens with zero attached hydrogens (tertiary/aromatic N) is 3. The van der Waals surface area contributed by atoms with E-state index in [0.29, 0.717) is 82.5 Å². The minimum absolute atomic E-state index is 0.0986. The van der Waals surface area contributed by atoms with E-state index in [4.69, 9.17) is 37.1 Å². The first kappa shape index (κ1) is 29.1. The van der Waals surface area contributed by atoms with Crippen LogP contribution in [0.3, 0.4) is 0 Å². The Kier molecular flexibility index (Phi) is 10.1. The number of nitrogens with one attached hydrogen (secondary N) is 3. The molecular formula is C27H28Cl2N6O5. The number of oxazole rings is 1. The Hall–Kier alpha value is -3.90. The highest BCUT2D eigenvalue weighted by Crippen LogP contribution is 2.33. The van der Waals surface area contributed by atoms with Gasteiger partial charge >= 0.3 is 5.97 Å². The number of ether oxygens (including phenoxy) is 2. The highest BCUT2D eigenvalue weighted by atomic mass is 35.5. The van der Waals surface area contributed by atoms with Gasteiger partial charge in [-0.05, 0) is 37.3 Å². The van der Waals surface area contributed by atoms with Crippen LogP contribution in [0.1, 0.15) is 22.1 Å². The third-order valence-electron chi connectivity index (χ3n) is 5.57. The number of aromatic carboxylic acids is 1. The van der Waals surface area contributed by atoms with E-state index >= 15 is 0 Å². The van der Waals surface area contributed by atoms with Crippen molar-refractivity contribution in [3.05, 3.63) is 76.0 Å². The number of aryl methyl sites for hydroxylation is 1. The standard InChI is InChI=1S/C27H28Cl2N6O5/c1-16-33-25(30-9-10-39-12-11-38-2)24(26(34-16)35-21-6-4-3-5-18(21)27(36)37)32-15-23-31-14-22(40-23)19-13-17(28)7-8-20(19)29/h3-8,13-14,32H,9-12,15H2,1-2H3,(H,36,37)(H2,30,33,34,35). The molecule has 0 atom stereocenters. The smallest absolute Gasteiger partial charge is 0.337 e. The average Bonchev–Trinajstić information content (AvgIpc) is 3.40. The summed E-state index contributed by atoms with van der Waals surface area (Å²) in [6, 6.07) is 11.6. The van der Waals surface area contributed by atoms with Crippen LogP contribution in [0.15, 0.2) is 53.1 Å². The summed E-state index contributed by atoms with van der Waals surface area (Å²) in [7, 11) is 1.61. The third kappa shape index (κ3) is 7.60. The maximum Gasteiger partial charge on any atom is 0.337 e. The second-order valence-corrected chi connectivity index (χ2v) is 9.29. The normalized spacial score (nSPS) is 10.9. The summed E-state index contributed by atoms with van der Waals surface area (Å²) < 4.78 is 16.5. The molecule has 0 radical (unpaired) electrons. The Morgan fingerprint density at radius 1 is 1.05 bits per heavy atom. The Morgan fingerprint density at radius 2 is 1.85 bits per heavy atom. The molecule has 4 rings (SSSR count). The molecule has 0 spiro atoms. The Labute approximate surface area is 240 Å². The lowest BCUT2D eigenvalue weighted by molar-refractivity contribution is 0.0698. The van der Waals surface area contributed by atoms with Gasteiger partial charge in [0.25, 0.3) is 0 Å². The van der Waals surface area contributed by atoms with Crippen LogP contribution in [0.25, 0.3) is 11.3 Å². The second kappa shape index (κ2) is 13.9. The van der Waals surface area contributed by atoms with Crippen LogP contribution in [0.2, 0.25) is 10.0 Å². The fourth-order valence-electron chi connectivity index (χ4n) is 3.72. The predicted octanol–water partition coefficient (Wildman–Crippen LogP) is 5.88. The van der Waals surface area contributed by atoms with Crippen LogP contribution in [0.4, 0.5) is 23.0 Å². The van der Waals surface area contributed by atoms with Crippen LogP contribution in [0, 0.1) is 6.92 Å².